The summed E-state index contributed by atoms with van der Waals surface area (Å²) >= 11 is 0. The van der Waals surface area contributed by atoms with E-state index >= 15 is 0 Å². The molecule has 1 fully saturated rings. The quantitative estimate of drug-likeness (QED) is 0.801. The molecule has 0 aromatic carbocycles. The van der Waals surface area contributed by atoms with E-state index in [-0.39, 0.29) is 42.9 Å². The summed E-state index contributed by atoms with van der Waals surface area (Å²) in [6, 6.07) is 1.02. The molecule has 0 radical (unpaired) electrons. The Balaban J connectivity index is 2.16. The summed E-state index contributed by atoms with van der Waals surface area (Å²) in [7, 11) is -3.81. The number of halogens is 1. The highest BCUT2D eigenvalue weighted by Gasteiger charge is 2.39. The Kier molecular flexibility index (Phi) is 4.64. The number of carboxylic acid groups (broad SMARTS) is 1. The molecule has 1 saturated heterocycles. The van der Waals surface area contributed by atoms with Crippen molar-refractivity contribution in [2.45, 2.75) is 24.3 Å². The molecule has 1 aromatic heterocycles. The number of nitrogens with zero attached hydrogens (tertiary/aromatic N) is 1. The number of hydrogen-bond donors (Lipinski definition) is 1. The first-order valence-electron chi connectivity index (χ1n) is 6.43. The molecular weight excluding hydrogens is 305 g/mol. The van der Waals surface area contributed by atoms with Gasteiger partial charge < -0.3 is 14.3 Å². The second-order valence-corrected chi connectivity index (χ2v) is 6.47. The lowest BCUT2D eigenvalue weighted by Crippen LogP contribution is -2.54. The first-order valence-corrected chi connectivity index (χ1v) is 7.87. The van der Waals surface area contributed by atoms with Gasteiger partial charge in [-0.05, 0) is 0 Å². The second-order valence-electron chi connectivity index (χ2n) is 4.56. The predicted octanol–water partition coefficient (Wildman–Crippen LogP) is 0.899. The molecule has 21 heavy (non-hydrogen) atoms. The molecule has 0 bridgehead atoms. The minimum Gasteiger partial charge on any atom is -0.475 e. The fraction of sp³-hybridized carbons (Fsp3) is 0.583. The summed E-state index contributed by atoms with van der Waals surface area (Å²) in [4.78, 5) is 10.7. The summed E-state index contributed by atoms with van der Waals surface area (Å²) in [5, 5.41) is 8.88. The minimum absolute atomic E-state index is 0.0619. The number of rotatable bonds is 7. The Morgan fingerprint density at radius 1 is 1.57 bits per heavy atom. The van der Waals surface area contributed by atoms with Gasteiger partial charge in [-0.1, -0.05) is 6.92 Å². The molecule has 2 heterocycles. The average molecular weight is 321 g/mol. The Morgan fingerprint density at radius 2 is 2.24 bits per heavy atom. The van der Waals surface area contributed by atoms with Gasteiger partial charge in [0.05, 0.1) is 12.7 Å². The Bertz CT molecular complexity index is 620. The van der Waals surface area contributed by atoms with Gasteiger partial charge in [0.2, 0.25) is 15.8 Å². The van der Waals surface area contributed by atoms with Crippen LogP contribution in [0.4, 0.5) is 4.39 Å². The number of aromatic carboxylic acids is 1. The van der Waals surface area contributed by atoms with Gasteiger partial charge in [0.1, 0.15) is 17.3 Å². The van der Waals surface area contributed by atoms with Gasteiger partial charge in [-0.25, -0.2) is 17.6 Å². The van der Waals surface area contributed by atoms with Crippen LogP contribution in [0.1, 0.15) is 23.2 Å². The van der Waals surface area contributed by atoms with Gasteiger partial charge in [0.25, 0.3) is 0 Å². The summed E-state index contributed by atoms with van der Waals surface area (Å²) in [6.45, 7) is 1.24. The smallest absolute Gasteiger partial charge is 0.371 e. The fourth-order valence-electron chi connectivity index (χ4n) is 2.03. The number of alkyl halides is 1. The van der Waals surface area contributed by atoms with Crippen LogP contribution in [0.5, 0.6) is 0 Å². The van der Waals surface area contributed by atoms with Crippen molar-refractivity contribution >= 4 is 16.0 Å². The number of ether oxygens (including phenoxy) is 1. The van der Waals surface area contributed by atoms with E-state index in [9.17, 15) is 17.6 Å². The van der Waals surface area contributed by atoms with Crippen molar-refractivity contribution in [1.29, 1.82) is 0 Å². The van der Waals surface area contributed by atoms with Crippen LogP contribution in [0.15, 0.2) is 15.4 Å². The lowest BCUT2D eigenvalue weighted by molar-refractivity contribution is -0.0243. The molecular formula is C12H16FNO6S. The lowest BCUT2D eigenvalue weighted by Gasteiger charge is -2.37. The van der Waals surface area contributed by atoms with Crippen LogP contribution in [0.3, 0.4) is 0 Å². The molecule has 0 amide bonds. The molecule has 0 saturated carbocycles. The monoisotopic (exact) mass is 321 g/mol. The van der Waals surface area contributed by atoms with Gasteiger partial charge in [-0.2, -0.15) is 4.31 Å². The molecule has 0 spiro atoms. The summed E-state index contributed by atoms with van der Waals surface area (Å²) < 4.78 is 48.0. The molecule has 0 aliphatic carbocycles. The number of hydrogen-bond acceptors (Lipinski definition) is 5. The van der Waals surface area contributed by atoms with Crippen LogP contribution in [-0.2, 0) is 21.2 Å². The molecule has 0 unspecified atom stereocenters. The topological polar surface area (TPSA) is 97.0 Å². The summed E-state index contributed by atoms with van der Waals surface area (Å²) in [5.74, 6) is -1.62. The Hall–Kier alpha value is -1.45. The largest absolute Gasteiger partial charge is 0.475 e. The average Bonchev–Trinajstić information content (AvgIpc) is 2.81. The van der Waals surface area contributed by atoms with Gasteiger partial charge in [0, 0.05) is 25.6 Å². The zero-order valence-electron chi connectivity index (χ0n) is 11.4. The number of furan rings is 1. The third kappa shape index (κ3) is 3.09. The van der Waals surface area contributed by atoms with E-state index in [0.717, 1.165) is 10.4 Å². The molecule has 1 aliphatic heterocycles. The van der Waals surface area contributed by atoms with Crippen molar-refractivity contribution in [3.8, 4) is 0 Å². The Morgan fingerprint density at radius 3 is 2.76 bits per heavy atom. The van der Waals surface area contributed by atoms with Crippen molar-refractivity contribution < 1.29 is 31.9 Å². The van der Waals surface area contributed by atoms with Crippen molar-refractivity contribution in [2.24, 2.45) is 0 Å². The van der Waals surface area contributed by atoms with Gasteiger partial charge in [0.15, 0.2) is 0 Å². The molecule has 1 aromatic rings. The maximum atomic E-state index is 12.4. The first kappa shape index (κ1) is 15.9. The van der Waals surface area contributed by atoms with Crippen molar-refractivity contribution in [2.75, 3.05) is 26.4 Å². The predicted molar refractivity (Wildman–Crippen MR) is 69.5 cm³/mol. The SMILES string of the molecule is CCc1oc(C(=O)O)cc1S(=O)(=O)N1CC(OCCF)C1. The van der Waals surface area contributed by atoms with Crippen LogP contribution < -0.4 is 0 Å². The van der Waals surface area contributed by atoms with Crippen LogP contribution in [0, 0.1) is 0 Å². The second kappa shape index (κ2) is 6.12. The lowest BCUT2D eigenvalue weighted by atomic mass is 10.2. The number of carboxylic acids is 1. The van der Waals surface area contributed by atoms with E-state index in [0.29, 0.717) is 0 Å². The Labute approximate surface area is 121 Å². The zero-order valence-corrected chi connectivity index (χ0v) is 12.2. The summed E-state index contributed by atoms with van der Waals surface area (Å²) in [6.07, 6.45) is -0.0660. The highest BCUT2D eigenvalue weighted by Crippen LogP contribution is 2.28. The molecule has 2 rings (SSSR count). The van der Waals surface area contributed by atoms with Crippen molar-refractivity contribution in [1.82, 2.24) is 4.31 Å². The van der Waals surface area contributed by atoms with Crippen LogP contribution in [0.25, 0.3) is 0 Å². The first-order chi connectivity index (χ1) is 9.90. The van der Waals surface area contributed by atoms with Gasteiger partial charge in [-0.3, -0.25) is 0 Å². The number of aryl methyl sites for hydroxylation is 1. The maximum Gasteiger partial charge on any atom is 0.371 e. The maximum absolute atomic E-state index is 12.4. The number of carbonyl (C=O) groups is 1. The number of sulfonamides is 1. The highest BCUT2D eigenvalue weighted by molar-refractivity contribution is 7.89. The molecule has 1 N–H and O–H groups in total. The minimum atomic E-state index is -3.81. The molecule has 9 heteroatoms. The van der Waals surface area contributed by atoms with E-state index in [2.05, 4.69) is 0 Å². The van der Waals surface area contributed by atoms with E-state index < -0.39 is 28.4 Å². The molecule has 1 aliphatic rings. The molecule has 118 valence electrons. The molecule has 0 atom stereocenters. The standard InChI is InChI=1S/C12H16FNO6S/c1-2-9-11(5-10(20-9)12(15)16)21(17,18)14-6-8(7-14)19-4-3-13/h5,8H,2-4,6-7H2,1H3,(H,15,16). The third-order valence-electron chi connectivity index (χ3n) is 3.17. The highest BCUT2D eigenvalue weighted by atomic mass is 32.2. The van der Waals surface area contributed by atoms with Crippen molar-refractivity contribution in [3.05, 3.63) is 17.6 Å². The van der Waals surface area contributed by atoms with E-state index in [4.69, 9.17) is 14.3 Å². The van der Waals surface area contributed by atoms with Crippen LogP contribution in [0.2, 0.25) is 0 Å². The van der Waals surface area contributed by atoms with E-state index in [1.807, 2.05) is 0 Å². The van der Waals surface area contributed by atoms with E-state index in [1.54, 1.807) is 6.92 Å². The van der Waals surface area contributed by atoms with Crippen LogP contribution >= 0.6 is 0 Å². The fourth-order valence-corrected chi connectivity index (χ4v) is 3.77. The normalized spacial score (nSPS) is 16.9. The van der Waals surface area contributed by atoms with Crippen molar-refractivity contribution in [3.63, 3.8) is 0 Å². The van der Waals surface area contributed by atoms with E-state index in [1.165, 1.54) is 0 Å². The van der Waals surface area contributed by atoms with Gasteiger partial charge in [-0.15, -0.1) is 0 Å². The zero-order chi connectivity index (χ0) is 15.6. The van der Waals surface area contributed by atoms with Gasteiger partial charge >= 0.3 is 5.97 Å². The summed E-state index contributed by atoms with van der Waals surface area (Å²) in [5.41, 5.74) is 0. The third-order valence-corrected chi connectivity index (χ3v) is 5.04. The molecule has 7 nitrogen and oxygen atoms in total. The van der Waals surface area contributed by atoms with Crippen LogP contribution in [-0.4, -0.2) is 56.3 Å².